The number of nitrogens with zero attached hydrogens (tertiary/aromatic N) is 1. The van der Waals surface area contributed by atoms with Crippen molar-refractivity contribution in [1.29, 1.82) is 0 Å². The second kappa shape index (κ2) is 5.99. The van der Waals surface area contributed by atoms with Crippen molar-refractivity contribution < 1.29 is 9.84 Å². The van der Waals surface area contributed by atoms with Crippen molar-refractivity contribution in [2.45, 2.75) is 50.7 Å². The van der Waals surface area contributed by atoms with Crippen LogP contribution in [0.15, 0.2) is 0 Å². The highest BCUT2D eigenvalue weighted by atomic mass is 16.5. The van der Waals surface area contributed by atoms with E-state index in [0.717, 1.165) is 18.5 Å². The molecule has 3 unspecified atom stereocenters. The third kappa shape index (κ3) is 2.96. The maximum absolute atomic E-state index is 9.83. The molecule has 0 aromatic rings. The van der Waals surface area contributed by atoms with Gasteiger partial charge >= 0.3 is 0 Å². The molecule has 94 valence electrons. The maximum atomic E-state index is 9.83. The van der Waals surface area contributed by atoms with Crippen molar-refractivity contribution >= 4 is 0 Å². The zero-order valence-electron chi connectivity index (χ0n) is 10.4. The molecule has 1 saturated carbocycles. The van der Waals surface area contributed by atoms with Gasteiger partial charge in [-0.3, -0.25) is 4.90 Å². The van der Waals surface area contributed by atoms with Crippen LogP contribution in [0.4, 0.5) is 0 Å². The number of β-amino-alcohol motifs (C(OH)–C–C–N with tert-alkyl or cyclic N) is 1. The Morgan fingerprint density at radius 3 is 2.81 bits per heavy atom. The second-order valence-corrected chi connectivity index (χ2v) is 5.36. The Kier molecular flexibility index (Phi) is 4.62. The molecular weight excluding hydrogens is 202 g/mol. The van der Waals surface area contributed by atoms with Gasteiger partial charge in [0.05, 0.1) is 12.7 Å². The normalized spacial score (nSPS) is 33.4. The summed E-state index contributed by atoms with van der Waals surface area (Å²) in [5.41, 5.74) is 0. The Labute approximate surface area is 98.8 Å². The average molecular weight is 227 g/mol. The number of ether oxygens (including phenoxy) is 1. The predicted molar refractivity (Wildman–Crippen MR) is 64.4 cm³/mol. The van der Waals surface area contributed by atoms with Crippen molar-refractivity contribution in [1.82, 2.24) is 4.90 Å². The molecule has 2 aliphatic rings. The third-order valence-corrected chi connectivity index (χ3v) is 4.16. The molecule has 0 radical (unpaired) electrons. The highest BCUT2D eigenvalue weighted by Crippen LogP contribution is 2.35. The first-order valence-corrected chi connectivity index (χ1v) is 6.72. The Morgan fingerprint density at radius 2 is 2.00 bits per heavy atom. The van der Waals surface area contributed by atoms with Gasteiger partial charge in [0.2, 0.25) is 0 Å². The number of hydrogen-bond donors (Lipinski definition) is 1. The summed E-state index contributed by atoms with van der Waals surface area (Å²) in [7, 11) is 1.66. The van der Waals surface area contributed by atoms with Gasteiger partial charge in [-0.25, -0.2) is 0 Å². The lowest BCUT2D eigenvalue weighted by Crippen LogP contribution is -2.49. The van der Waals surface area contributed by atoms with E-state index in [1.165, 1.54) is 45.1 Å². The van der Waals surface area contributed by atoms with Gasteiger partial charge in [0.25, 0.3) is 0 Å². The monoisotopic (exact) mass is 227 g/mol. The van der Waals surface area contributed by atoms with E-state index >= 15 is 0 Å². The van der Waals surface area contributed by atoms with Crippen LogP contribution in [0.2, 0.25) is 0 Å². The van der Waals surface area contributed by atoms with Gasteiger partial charge in [0.15, 0.2) is 0 Å². The minimum absolute atomic E-state index is 0.314. The molecule has 0 amide bonds. The first kappa shape index (κ1) is 12.3. The lowest BCUT2D eigenvalue weighted by Gasteiger charge is -2.44. The number of fused-ring (bicyclic) bond motifs is 1. The maximum Gasteiger partial charge on any atom is 0.0900 e. The Morgan fingerprint density at radius 1 is 1.25 bits per heavy atom. The van der Waals surface area contributed by atoms with Crippen molar-refractivity contribution in [2.75, 3.05) is 26.8 Å². The molecule has 2 fully saturated rings. The van der Waals surface area contributed by atoms with E-state index < -0.39 is 0 Å². The SMILES string of the molecule is COCC(O)CN1CCCC2CCCCC21. The molecule has 0 spiro atoms. The molecule has 1 N–H and O–H groups in total. The van der Waals surface area contributed by atoms with Gasteiger partial charge in [-0.15, -0.1) is 0 Å². The van der Waals surface area contributed by atoms with Crippen LogP contribution >= 0.6 is 0 Å². The number of methoxy groups -OCH3 is 1. The van der Waals surface area contributed by atoms with Gasteiger partial charge in [-0.1, -0.05) is 12.8 Å². The van der Waals surface area contributed by atoms with Crippen LogP contribution in [0.3, 0.4) is 0 Å². The lowest BCUT2D eigenvalue weighted by molar-refractivity contribution is -0.00609. The van der Waals surface area contributed by atoms with Crippen LogP contribution in [0.5, 0.6) is 0 Å². The second-order valence-electron chi connectivity index (χ2n) is 5.36. The molecule has 3 heteroatoms. The van der Waals surface area contributed by atoms with Crippen LogP contribution in [0.1, 0.15) is 38.5 Å². The molecule has 1 saturated heterocycles. The molecular formula is C13H25NO2. The molecule has 1 aliphatic carbocycles. The topological polar surface area (TPSA) is 32.7 Å². The van der Waals surface area contributed by atoms with Gasteiger partial charge < -0.3 is 9.84 Å². The quantitative estimate of drug-likeness (QED) is 0.792. The largest absolute Gasteiger partial charge is 0.389 e. The summed E-state index contributed by atoms with van der Waals surface area (Å²) in [6.07, 6.45) is 7.92. The zero-order chi connectivity index (χ0) is 11.4. The van der Waals surface area contributed by atoms with Gasteiger partial charge in [-0.2, -0.15) is 0 Å². The first-order chi connectivity index (χ1) is 7.81. The summed E-state index contributed by atoms with van der Waals surface area (Å²) >= 11 is 0. The number of rotatable bonds is 4. The van der Waals surface area contributed by atoms with E-state index in [1.807, 2.05) is 0 Å². The molecule has 0 aromatic heterocycles. The highest BCUT2D eigenvalue weighted by molar-refractivity contribution is 4.88. The predicted octanol–water partition coefficient (Wildman–Crippen LogP) is 1.65. The first-order valence-electron chi connectivity index (χ1n) is 6.72. The Hall–Kier alpha value is -0.120. The number of hydrogen-bond acceptors (Lipinski definition) is 3. The molecule has 1 heterocycles. The number of aliphatic hydroxyl groups is 1. The molecule has 0 bridgehead atoms. The van der Waals surface area contributed by atoms with Crippen molar-refractivity contribution in [3.8, 4) is 0 Å². The fourth-order valence-electron chi connectivity index (χ4n) is 3.47. The summed E-state index contributed by atoms with van der Waals surface area (Å²) in [5, 5.41) is 9.83. The number of piperidine rings is 1. The zero-order valence-corrected chi connectivity index (χ0v) is 10.4. The standard InChI is InChI=1S/C13H25NO2/c1-16-10-12(15)9-14-8-4-6-11-5-2-3-7-13(11)14/h11-13,15H,2-10H2,1H3. The van der Waals surface area contributed by atoms with E-state index in [9.17, 15) is 5.11 Å². The summed E-state index contributed by atoms with van der Waals surface area (Å²) in [6, 6.07) is 0.744. The van der Waals surface area contributed by atoms with Gasteiger partial charge in [0, 0.05) is 19.7 Å². The molecule has 3 nitrogen and oxygen atoms in total. The molecule has 3 atom stereocenters. The molecule has 1 aliphatic heterocycles. The molecule has 2 rings (SSSR count). The van der Waals surface area contributed by atoms with E-state index in [4.69, 9.17) is 4.74 Å². The molecule has 16 heavy (non-hydrogen) atoms. The minimum Gasteiger partial charge on any atom is -0.389 e. The van der Waals surface area contributed by atoms with Crippen molar-refractivity contribution in [3.63, 3.8) is 0 Å². The van der Waals surface area contributed by atoms with Crippen molar-refractivity contribution in [3.05, 3.63) is 0 Å². The van der Waals surface area contributed by atoms with Crippen LogP contribution in [0.25, 0.3) is 0 Å². The number of likely N-dealkylation sites (tertiary alicyclic amines) is 1. The van der Waals surface area contributed by atoms with E-state index in [1.54, 1.807) is 7.11 Å². The minimum atomic E-state index is -0.314. The Balaban J connectivity index is 1.87. The lowest BCUT2D eigenvalue weighted by atomic mass is 9.78. The van der Waals surface area contributed by atoms with E-state index in [0.29, 0.717) is 6.61 Å². The summed E-state index contributed by atoms with van der Waals surface area (Å²) < 4.78 is 5.00. The smallest absolute Gasteiger partial charge is 0.0900 e. The summed E-state index contributed by atoms with van der Waals surface area (Å²) in [6.45, 7) is 2.44. The fourth-order valence-corrected chi connectivity index (χ4v) is 3.47. The fraction of sp³-hybridized carbons (Fsp3) is 1.00. The third-order valence-electron chi connectivity index (χ3n) is 4.16. The van der Waals surface area contributed by atoms with Crippen LogP contribution in [0, 0.1) is 5.92 Å². The van der Waals surface area contributed by atoms with Crippen molar-refractivity contribution in [2.24, 2.45) is 5.92 Å². The van der Waals surface area contributed by atoms with Crippen LogP contribution in [-0.4, -0.2) is 49.0 Å². The summed E-state index contributed by atoms with van der Waals surface area (Å²) in [4.78, 5) is 2.51. The van der Waals surface area contributed by atoms with Crippen LogP contribution < -0.4 is 0 Å². The Bertz CT molecular complexity index is 208. The van der Waals surface area contributed by atoms with Crippen LogP contribution in [-0.2, 0) is 4.74 Å². The highest BCUT2D eigenvalue weighted by Gasteiger charge is 2.33. The van der Waals surface area contributed by atoms with Gasteiger partial charge in [-0.05, 0) is 38.1 Å². The average Bonchev–Trinajstić information content (AvgIpc) is 2.30. The molecule has 0 aromatic carbocycles. The van der Waals surface area contributed by atoms with Gasteiger partial charge in [0.1, 0.15) is 0 Å². The number of aliphatic hydroxyl groups excluding tert-OH is 1. The van der Waals surface area contributed by atoms with E-state index in [2.05, 4.69) is 4.90 Å². The summed E-state index contributed by atoms with van der Waals surface area (Å²) in [5.74, 6) is 0.900. The van der Waals surface area contributed by atoms with E-state index in [-0.39, 0.29) is 6.10 Å².